The minimum Gasteiger partial charge on any atom is -0.493 e. The van der Waals surface area contributed by atoms with Gasteiger partial charge < -0.3 is 53.3 Å². The van der Waals surface area contributed by atoms with Crippen LogP contribution < -0.4 is 34.2 Å². The number of hydrogen-bond acceptors (Lipinski definition) is 14. The number of benzene rings is 5. The highest BCUT2D eigenvalue weighted by atomic mass is 16.7. The van der Waals surface area contributed by atoms with E-state index in [1.807, 2.05) is 89.5 Å². The first-order valence-corrected chi connectivity index (χ1v) is 25.8. The largest absolute Gasteiger partial charge is 0.493 e. The van der Waals surface area contributed by atoms with Gasteiger partial charge in [0.15, 0.2) is 11.5 Å². The van der Waals surface area contributed by atoms with Crippen LogP contribution in [0.15, 0.2) is 91.0 Å². The van der Waals surface area contributed by atoms with Crippen LogP contribution in [0.3, 0.4) is 0 Å². The minimum absolute atomic E-state index is 0.00810. The molecule has 1 N–H and O–H groups in total. The predicted molar refractivity (Wildman–Crippen MR) is 280 cm³/mol. The molecule has 17 heteroatoms. The van der Waals surface area contributed by atoms with Gasteiger partial charge in [0.2, 0.25) is 0 Å². The maximum Gasteiger partial charge on any atom is 0.333 e. The Morgan fingerprint density at radius 3 is 2.00 bits per heavy atom. The second-order valence-electron chi connectivity index (χ2n) is 19.5. The monoisotopic (exact) mass is 1020 g/mol. The Hall–Kier alpha value is -7.47. The lowest BCUT2D eigenvalue weighted by atomic mass is 9.98. The zero-order chi connectivity index (χ0) is 52.0. The number of para-hydroxylation sites is 2. The van der Waals surface area contributed by atoms with Crippen molar-refractivity contribution in [2.75, 3.05) is 86.9 Å². The lowest BCUT2D eigenvalue weighted by molar-refractivity contribution is -0.197. The average molecular weight is 1020 g/mol. The molecule has 1 fully saturated rings. The smallest absolute Gasteiger partial charge is 0.333 e. The molecule has 0 saturated carbocycles. The highest BCUT2D eigenvalue weighted by Crippen LogP contribution is 2.42. The molecule has 0 radical (unpaired) electrons. The summed E-state index contributed by atoms with van der Waals surface area (Å²) in [6.45, 7) is 5.65. The summed E-state index contributed by atoms with van der Waals surface area (Å²) in [7, 11) is 3.17. The second-order valence-corrected chi connectivity index (χ2v) is 19.5. The Kier molecular flexibility index (Phi) is 15.6. The number of methoxy groups -OCH3 is 2. The van der Waals surface area contributed by atoms with E-state index in [9.17, 15) is 24.0 Å². The summed E-state index contributed by atoms with van der Waals surface area (Å²) in [5, 5.41) is 4.09. The number of rotatable bonds is 22. The number of ether oxygens (including phenoxy) is 6. The number of anilines is 4. The van der Waals surface area contributed by atoms with Gasteiger partial charge in [0.25, 0.3) is 23.6 Å². The molecule has 17 nitrogen and oxygen atoms in total. The summed E-state index contributed by atoms with van der Waals surface area (Å²) in [6.07, 6.45) is 3.46. The van der Waals surface area contributed by atoms with E-state index in [0.717, 1.165) is 70.6 Å². The highest BCUT2D eigenvalue weighted by Gasteiger charge is 2.39. The maximum atomic E-state index is 14.2. The fourth-order valence-electron chi connectivity index (χ4n) is 10.8. The van der Waals surface area contributed by atoms with Crippen LogP contribution in [-0.4, -0.2) is 114 Å². The predicted octanol–water partition coefficient (Wildman–Crippen LogP) is 7.55. The zero-order valence-electron chi connectivity index (χ0n) is 42.7. The van der Waals surface area contributed by atoms with E-state index in [1.165, 1.54) is 5.56 Å². The van der Waals surface area contributed by atoms with Crippen LogP contribution in [0.2, 0.25) is 0 Å². The molecule has 10 rings (SSSR count). The van der Waals surface area contributed by atoms with Crippen LogP contribution in [0.4, 0.5) is 22.7 Å². The quantitative estimate of drug-likeness (QED) is 0.0532. The fourth-order valence-corrected chi connectivity index (χ4v) is 10.8. The van der Waals surface area contributed by atoms with Crippen molar-refractivity contribution in [2.45, 2.75) is 83.6 Å². The van der Waals surface area contributed by atoms with Crippen LogP contribution >= 0.6 is 0 Å². The number of aryl methyl sites for hydroxylation is 2. The van der Waals surface area contributed by atoms with E-state index >= 15 is 0 Å². The molecule has 5 aromatic carbocycles. The van der Waals surface area contributed by atoms with Crippen LogP contribution in [0, 0.1) is 6.92 Å². The summed E-state index contributed by atoms with van der Waals surface area (Å²) < 4.78 is 35.9. The van der Waals surface area contributed by atoms with Gasteiger partial charge in [0.05, 0.1) is 57.4 Å². The number of hydrogen-bond donors (Lipinski definition) is 1. The van der Waals surface area contributed by atoms with Crippen molar-refractivity contribution < 1.29 is 57.2 Å². The molecule has 0 aliphatic carbocycles. The summed E-state index contributed by atoms with van der Waals surface area (Å²) in [6, 6.07) is 29.8. The Balaban J connectivity index is 0.912. The number of nitrogens with one attached hydrogen (secondary N) is 1. The minimum atomic E-state index is -0.682. The molecule has 5 heterocycles. The Bertz CT molecular complexity index is 2960. The molecule has 2 atom stereocenters. The van der Waals surface area contributed by atoms with Crippen LogP contribution in [-0.2, 0) is 65.9 Å². The topological polar surface area (TPSA) is 175 Å². The van der Waals surface area contributed by atoms with Crippen molar-refractivity contribution in [3.05, 3.63) is 136 Å². The molecule has 4 amide bonds. The number of imide groups is 1. The second kappa shape index (κ2) is 23.0. The first-order chi connectivity index (χ1) is 36.6. The molecule has 0 bridgehead atoms. The van der Waals surface area contributed by atoms with Crippen molar-refractivity contribution in [3.63, 3.8) is 0 Å². The Morgan fingerprint density at radius 2 is 1.29 bits per heavy atom. The van der Waals surface area contributed by atoms with E-state index in [4.69, 9.17) is 33.3 Å². The molecule has 392 valence electrons. The number of carbonyl (C=O) groups is 5. The van der Waals surface area contributed by atoms with Crippen molar-refractivity contribution in [1.82, 2.24) is 5.06 Å². The highest BCUT2D eigenvalue weighted by molar-refractivity contribution is 6.12. The SMILES string of the molecule is COCCOCCOCCN(CCCC(=O)ON1C(=O)CCC1=O)c1cc(COc2cc3c(cc2C)C(=O)N2c4ccccc4C[C@H]2CC3)cc(COc2cc3c(cc2OC)C(=O)N2c4ccccc4C[C@H]2CN3)c1. The van der Waals surface area contributed by atoms with E-state index in [-0.39, 0.29) is 56.4 Å². The molecule has 0 spiro atoms. The van der Waals surface area contributed by atoms with Crippen molar-refractivity contribution in [1.29, 1.82) is 0 Å². The number of fused-ring (bicyclic) bond motifs is 8. The normalized spacial score (nSPS) is 17.3. The molecule has 0 unspecified atom stereocenters. The van der Waals surface area contributed by atoms with Gasteiger partial charge in [-0.25, -0.2) is 4.79 Å². The molecular weight excluding hydrogens is 959 g/mol. The lowest BCUT2D eigenvalue weighted by Gasteiger charge is -2.26. The van der Waals surface area contributed by atoms with Crippen molar-refractivity contribution >= 4 is 52.3 Å². The van der Waals surface area contributed by atoms with Gasteiger partial charge in [-0.15, -0.1) is 5.06 Å². The number of amides is 4. The summed E-state index contributed by atoms with van der Waals surface area (Å²) >= 11 is 0. The van der Waals surface area contributed by atoms with E-state index in [0.29, 0.717) is 98.2 Å². The molecule has 5 aromatic rings. The van der Waals surface area contributed by atoms with E-state index in [2.05, 4.69) is 22.3 Å². The zero-order valence-corrected chi connectivity index (χ0v) is 42.7. The molecule has 1 saturated heterocycles. The van der Waals surface area contributed by atoms with Gasteiger partial charge in [-0.1, -0.05) is 36.4 Å². The van der Waals surface area contributed by atoms with Crippen molar-refractivity contribution in [2.24, 2.45) is 0 Å². The summed E-state index contributed by atoms with van der Waals surface area (Å²) in [5.74, 6) is -0.307. The molecule has 75 heavy (non-hydrogen) atoms. The Labute approximate surface area is 436 Å². The Morgan fingerprint density at radius 1 is 0.653 bits per heavy atom. The standard InChI is InChI=1S/C58H63N5O12/c1-37-25-46-40(14-15-43-29-41-9-4-6-11-49(41)61(43)57(46)67)31-51(37)73-35-38-26-39(36-74-53-33-48-47(32-52(53)70-3)58(68)62-45(34-59-48)30-42-10-5-7-12-50(42)62)28-44(27-38)60(19-20-71-23-24-72-22-21-69-2)18-8-13-56(66)75-63-54(64)16-17-55(63)65/h4-7,9-12,25-28,31-33,43,45,59H,8,13-24,29-30,34-36H2,1-3H3/t43-,45+/m1/s1. The lowest BCUT2D eigenvalue weighted by Crippen LogP contribution is -2.39. The van der Waals surface area contributed by atoms with Crippen LogP contribution in [0.5, 0.6) is 17.2 Å². The summed E-state index contributed by atoms with van der Waals surface area (Å²) in [4.78, 5) is 76.9. The van der Waals surface area contributed by atoms with E-state index in [1.54, 1.807) is 20.3 Å². The fraction of sp³-hybridized carbons (Fsp3) is 0.397. The van der Waals surface area contributed by atoms with Crippen molar-refractivity contribution in [3.8, 4) is 17.2 Å². The van der Waals surface area contributed by atoms with Gasteiger partial charge in [0, 0.05) is 80.7 Å². The average Bonchev–Trinajstić information content (AvgIpc) is 4.04. The third kappa shape index (κ3) is 11.2. The van der Waals surface area contributed by atoms with Gasteiger partial charge in [0.1, 0.15) is 19.0 Å². The first kappa shape index (κ1) is 51.0. The first-order valence-electron chi connectivity index (χ1n) is 25.8. The molecule has 5 aliphatic rings. The molecular formula is C58H63N5O12. The van der Waals surface area contributed by atoms with Gasteiger partial charge in [-0.05, 0) is 121 Å². The van der Waals surface area contributed by atoms with Crippen LogP contribution in [0.25, 0.3) is 0 Å². The number of nitrogens with zero attached hydrogens (tertiary/aromatic N) is 4. The third-order valence-electron chi connectivity index (χ3n) is 14.5. The molecule has 0 aromatic heterocycles. The number of hydroxylamine groups is 2. The summed E-state index contributed by atoms with van der Waals surface area (Å²) in [5.41, 5.74) is 10.3. The van der Waals surface area contributed by atoms with E-state index < -0.39 is 17.8 Å². The van der Waals surface area contributed by atoms with Crippen LogP contribution in [0.1, 0.15) is 86.2 Å². The third-order valence-corrected chi connectivity index (χ3v) is 14.5. The molecule has 5 aliphatic heterocycles. The van der Waals surface area contributed by atoms with Gasteiger partial charge >= 0.3 is 5.97 Å². The van der Waals surface area contributed by atoms with Gasteiger partial charge in [-0.2, -0.15) is 0 Å². The maximum absolute atomic E-state index is 14.2. The van der Waals surface area contributed by atoms with Gasteiger partial charge in [-0.3, -0.25) is 19.2 Å². The number of carbonyl (C=O) groups excluding carboxylic acids is 5.